The Morgan fingerprint density at radius 3 is 2.91 bits per heavy atom. The molecule has 2 aliphatic rings. The summed E-state index contributed by atoms with van der Waals surface area (Å²) >= 11 is 0. The van der Waals surface area contributed by atoms with E-state index >= 15 is 0 Å². The van der Waals surface area contributed by atoms with Gasteiger partial charge in [-0.25, -0.2) is 4.98 Å². The first-order chi connectivity index (χ1) is 10.7. The number of hydrogen-bond acceptors (Lipinski definition) is 4. The van der Waals surface area contributed by atoms with Crippen LogP contribution in [0.4, 0.5) is 5.82 Å². The van der Waals surface area contributed by atoms with Crippen molar-refractivity contribution in [3.63, 3.8) is 0 Å². The van der Waals surface area contributed by atoms with Gasteiger partial charge in [0.1, 0.15) is 11.6 Å². The molecule has 0 unspecified atom stereocenters. The predicted molar refractivity (Wildman–Crippen MR) is 86.7 cm³/mol. The smallest absolute Gasteiger partial charge is 0.127 e. The molecule has 0 atom stereocenters. The Labute approximate surface area is 130 Å². The first-order valence-corrected chi connectivity index (χ1v) is 7.79. The minimum Gasteiger partial charge on any atom is -0.497 e. The maximum absolute atomic E-state index is 6.00. The Morgan fingerprint density at radius 1 is 1.32 bits per heavy atom. The van der Waals surface area contributed by atoms with E-state index in [-0.39, 0.29) is 0 Å². The van der Waals surface area contributed by atoms with Gasteiger partial charge < -0.3 is 10.5 Å². The van der Waals surface area contributed by atoms with E-state index in [9.17, 15) is 0 Å². The second kappa shape index (κ2) is 4.99. The van der Waals surface area contributed by atoms with Crippen LogP contribution in [0.2, 0.25) is 0 Å². The van der Waals surface area contributed by atoms with Crippen LogP contribution in [-0.4, -0.2) is 23.5 Å². The molecule has 22 heavy (non-hydrogen) atoms. The highest BCUT2D eigenvalue weighted by Gasteiger charge is 2.49. The van der Waals surface area contributed by atoms with Crippen molar-refractivity contribution in [2.45, 2.75) is 31.3 Å². The molecule has 0 saturated heterocycles. The van der Waals surface area contributed by atoms with Crippen LogP contribution in [-0.2, 0) is 18.5 Å². The number of ether oxygens (including phenoxy) is 1. The van der Waals surface area contributed by atoms with Crippen LogP contribution in [0.1, 0.15) is 29.5 Å². The van der Waals surface area contributed by atoms with Gasteiger partial charge in [0, 0.05) is 36.8 Å². The molecule has 1 spiro atoms. The van der Waals surface area contributed by atoms with Crippen LogP contribution in [0.25, 0.3) is 0 Å². The summed E-state index contributed by atoms with van der Waals surface area (Å²) in [5.41, 5.74) is 10.4. The van der Waals surface area contributed by atoms with Gasteiger partial charge in [0.2, 0.25) is 0 Å². The lowest BCUT2D eigenvalue weighted by Crippen LogP contribution is -2.37. The van der Waals surface area contributed by atoms with Crippen molar-refractivity contribution < 1.29 is 4.74 Å². The molecular formula is C18H21N3O. The second-order valence-corrected chi connectivity index (χ2v) is 6.50. The fourth-order valence-electron chi connectivity index (χ4n) is 3.64. The van der Waals surface area contributed by atoms with E-state index in [0.717, 1.165) is 30.9 Å². The summed E-state index contributed by atoms with van der Waals surface area (Å²) < 4.78 is 5.40. The van der Waals surface area contributed by atoms with Crippen molar-refractivity contribution >= 4 is 5.82 Å². The molecule has 2 aromatic rings. The number of aromatic nitrogens is 1. The standard InChI is InChI=1S/C18H21N3O/c1-22-15-5-4-13-10-21(11-14-3-2-8-20-17(14)19)12-18(6-7-18)16(13)9-15/h2-5,8-9H,6-7,10-12H2,1H3,(H2,19,20). The molecule has 1 saturated carbocycles. The third kappa shape index (κ3) is 2.24. The van der Waals surface area contributed by atoms with Gasteiger partial charge in [-0.3, -0.25) is 4.90 Å². The summed E-state index contributed by atoms with van der Waals surface area (Å²) in [6.07, 6.45) is 4.29. The summed E-state index contributed by atoms with van der Waals surface area (Å²) in [6, 6.07) is 10.6. The zero-order valence-electron chi connectivity index (χ0n) is 12.9. The van der Waals surface area contributed by atoms with Gasteiger partial charge in [-0.2, -0.15) is 0 Å². The molecule has 1 aromatic heterocycles. The van der Waals surface area contributed by atoms with Gasteiger partial charge in [0.25, 0.3) is 0 Å². The second-order valence-electron chi connectivity index (χ2n) is 6.50. The van der Waals surface area contributed by atoms with E-state index in [0.29, 0.717) is 11.2 Å². The Morgan fingerprint density at radius 2 is 2.18 bits per heavy atom. The van der Waals surface area contributed by atoms with E-state index in [1.807, 2.05) is 6.07 Å². The number of benzene rings is 1. The summed E-state index contributed by atoms with van der Waals surface area (Å²) in [5, 5.41) is 0. The van der Waals surface area contributed by atoms with E-state index < -0.39 is 0 Å². The largest absolute Gasteiger partial charge is 0.497 e. The monoisotopic (exact) mass is 295 g/mol. The van der Waals surface area contributed by atoms with Crippen LogP contribution in [0, 0.1) is 0 Å². The van der Waals surface area contributed by atoms with Crippen LogP contribution in [0.5, 0.6) is 5.75 Å². The lowest BCUT2D eigenvalue weighted by molar-refractivity contribution is 0.213. The Hall–Kier alpha value is -2.07. The van der Waals surface area contributed by atoms with Gasteiger partial charge in [0.05, 0.1) is 7.11 Å². The molecule has 0 amide bonds. The zero-order valence-corrected chi connectivity index (χ0v) is 12.9. The summed E-state index contributed by atoms with van der Waals surface area (Å²) in [6.45, 7) is 2.93. The average molecular weight is 295 g/mol. The van der Waals surface area contributed by atoms with Crippen LogP contribution in [0.15, 0.2) is 36.5 Å². The first kappa shape index (κ1) is 13.6. The fourth-order valence-corrected chi connectivity index (χ4v) is 3.64. The minimum atomic E-state index is 0.332. The number of methoxy groups -OCH3 is 1. The van der Waals surface area contributed by atoms with Crippen molar-refractivity contribution in [2.75, 3.05) is 19.4 Å². The number of nitrogens with two attached hydrogens (primary N) is 1. The van der Waals surface area contributed by atoms with Crippen molar-refractivity contribution in [3.8, 4) is 5.75 Å². The molecule has 1 aromatic carbocycles. The third-order valence-corrected chi connectivity index (χ3v) is 4.98. The number of hydrogen-bond donors (Lipinski definition) is 1. The summed E-state index contributed by atoms with van der Waals surface area (Å²) in [5.74, 6) is 1.61. The van der Waals surface area contributed by atoms with Crippen molar-refractivity contribution in [1.29, 1.82) is 0 Å². The summed E-state index contributed by atoms with van der Waals surface area (Å²) in [4.78, 5) is 6.69. The number of fused-ring (bicyclic) bond motifs is 2. The van der Waals surface area contributed by atoms with Gasteiger partial charge >= 0.3 is 0 Å². The van der Waals surface area contributed by atoms with E-state index in [1.54, 1.807) is 13.3 Å². The SMILES string of the molecule is COc1ccc2c(c1)C1(CC1)CN(Cc1cccnc1N)C2. The Bertz CT molecular complexity index is 709. The maximum atomic E-state index is 6.00. The quantitative estimate of drug-likeness (QED) is 0.946. The number of nitrogen functional groups attached to an aromatic ring is 1. The number of anilines is 1. The van der Waals surface area contributed by atoms with Crippen molar-refractivity contribution in [1.82, 2.24) is 9.88 Å². The van der Waals surface area contributed by atoms with Crippen LogP contribution >= 0.6 is 0 Å². The molecule has 2 heterocycles. The topological polar surface area (TPSA) is 51.4 Å². The predicted octanol–water partition coefficient (Wildman–Crippen LogP) is 2.72. The number of nitrogens with zero attached hydrogens (tertiary/aromatic N) is 2. The van der Waals surface area contributed by atoms with E-state index in [4.69, 9.17) is 10.5 Å². The zero-order chi connectivity index (χ0) is 15.2. The minimum absolute atomic E-state index is 0.332. The normalized spacial score (nSPS) is 19.0. The molecule has 4 rings (SSSR count). The lowest BCUT2D eigenvalue weighted by atomic mass is 9.86. The first-order valence-electron chi connectivity index (χ1n) is 7.79. The molecule has 4 nitrogen and oxygen atoms in total. The molecule has 1 aliphatic heterocycles. The molecule has 1 aliphatic carbocycles. The maximum Gasteiger partial charge on any atom is 0.127 e. The van der Waals surface area contributed by atoms with E-state index in [2.05, 4.69) is 34.1 Å². The highest BCUT2D eigenvalue weighted by atomic mass is 16.5. The van der Waals surface area contributed by atoms with Gasteiger partial charge in [-0.05, 0) is 42.2 Å². The van der Waals surface area contributed by atoms with Gasteiger partial charge in [-0.15, -0.1) is 0 Å². The van der Waals surface area contributed by atoms with Crippen LogP contribution < -0.4 is 10.5 Å². The average Bonchev–Trinajstić information content (AvgIpc) is 3.29. The Balaban J connectivity index is 1.62. The lowest BCUT2D eigenvalue weighted by Gasteiger charge is -2.35. The molecular weight excluding hydrogens is 274 g/mol. The van der Waals surface area contributed by atoms with Gasteiger partial charge in [0.15, 0.2) is 0 Å². The highest BCUT2D eigenvalue weighted by molar-refractivity contribution is 5.46. The summed E-state index contributed by atoms with van der Waals surface area (Å²) in [7, 11) is 1.74. The molecule has 0 bridgehead atoms. The molecule has 0 radical (unpaired) electrons. The highest BCUT2D eigenvalue weighted by Crippen LogP contribution is 2.53. The van der Waals surface area contributed by atoms with Gasteiger partial charge in [-0.1, -0.05) is 12.1 Å². The van der Waals surface area contributed by atoms with E-state index in [1.165, 1.54) is 24.0 Å². The number of pyridine rings is 1. The molecule has 4 heteroatoms. The fraction of sp³-hybridized carbons (Fsp3) is 0.389. The third-order valence-electron chi connectivity index (χ3n) is 4.98. The van der Waals surface area contributed by atoms with Crippen LogP contribution in [0.3, 0.4) is 0 Å². The van der Waals surface area contributed by atoms with Crippen molar-refractivity contribution in [3.05, 3.63) is 53.2 Å². The molecule has 114 valence electrons. The Kier molecular flexibility index (Phi) is 3.08. The molecule has 1 fully saturated rings. The molecule has 2 N–H and O–H groups in total. The van der Waals surface area contributed by atoms with Crippen molar-refractivity contribution in [2.24, 2.45) is 0 Å². The number of rotatable bonds is 3.